The number of hydrogen-bond acceptors (Lipinski definition) is 3. The van der Waals surface area contributed by atoms with Crippen LogP contribution in [0.1, 0.15) is 37.1 Å². The first-order chi connectivity index (χ1) is 12.0. The zero-order chi connectivity index (χ0) is 17.9. The third-order valence-electron chi connectivity index (χ3n) is 4.88. The number of aryl methyl sites for hydroxylation is 1. The van der Waals surface area contributed by atoms with E-state index in [-0.39, 0.29) is 0 Å². The van der Waals surface area contributed by atoms with Crippen LogP contribution in [0.5, 0.6) is 0 Å². The fraction of sp³-hybridized carbons (Fsp3) is 0.500. The lowest BCUT2D eigenvalue weighted by Gasteiger charge is -2.33. The average Bonchev–Trinajstić information content (AvgIpc) is 3.11. The lowest BCUT2D eigenvalue weighted by Crippen LogP contribution is -2.45. The molecule has 0 aliphatic carbocycles. The number of aromatic nitrogens is 2. The van der Waals surface area contributed by atoms with Crippen molar-refractivity contribution in [2.45, 2.75) is 38.8 Å². The van der Waals surface area contributed by atoms with Crippen LogP contribution in [0, 0.1) is 0 Å². The number of rotatable bonds is 6. The maximum atomic E-state index is 12.8. The van der Waals surface area contributed by atoms with Gasteiger partial charge in [0.25, 0.3) is 10.2 Å². The van der Waals surface area contributed by atoms with Gasteiger partial charge in [-0.3, -0.25) is 0 Å². The van der Waals surface area contributed by atoms with Crippen molar-refractivity contribution in [3.63, 3.8) is 0 Å². The van der Waals surface area contributed by atoms with Gasteiger partial charge in [0.1, 0.15) is 5.82 Å². The first-order valence-corrected chi connectivity index (χ1v) is 10.2. The first-order valence-electron chi connectivity index (χ1n) is 8.78. The van der Waals surface area contributed by atoms with Crippen molar-refractivity contribution < 1.29 is 8.42 Å². The Morgan fingerprint density at radius 3 is 2.52 bits per heavy atom. The van der Waals surface area contributed by atoms with Crippen LogP contribution >= 0.6 is 0 Å². The summed E-state index contributed by atoms with van der Waals surface area (Å²) in [6.45, 7) is 4.48. The van der Waals surface area contributed by atoms with Crippen LogP contribution < -0.4 is 0 Å². The van der Waals surface area contributed by atoms with E-state index in [4.69, 9.17) is 0 Å². The highest BCUT2D eigenvalue weighted by molar-refractivity contribution is 7.86. The van der Waals surface area contributed by atoms with E-state index in [1.54, 1.807) is 11.4 Å². The molecule has 0 N–H and O–H groups in total. The van der Waals surface area contributed by atoms with E-state index in [1.807, 2.05) is 42.7 Å². The van der Waals surface area contributed by atoms with E-state index in [1.165, 1.54) is 4.31 Å². The topological polar surface area (TPSA) is 58.4 Å². The normalized spacial score (nSPS) is 17.2. The fourth-order valence-corrected chi connectivity index (χ4v) is 4.79. The van der Waals surface area contributed by atoms with Crippen LogP contribution in [0.25, 0.3) is 0 Å². The van der Waals surface area contributed by atoms with Crippen LogP contribution in [-0.2, 0) is 23.3 Å². The minimum Gasteiger partial charge on any atom is -0.335 e. The maximum Gasteiger partial charge on any atom is 0.282 e. The second-order valence-corrected chi connectivity index (χ2v) is 8.53. The minimum absolute atomic E-state index is 0.334. The van der Waals surface area contributed by atoms with Crippen molar-refractivity contribution in [3.8, 4) is 0 Å². The van der Waals surface area contributed by atoms with E-state index < -0.39 is 10.2 Å². The third-order valence-corrected chi connectivity index (χ3v) is 6.81. The molecule has 6 nitrogen and oxygen atoms in total. The predicted octanol–water partition coefficient (Wildman–Crippen LogP) is 2.46. The SMILES string of the molecule is CCn1ccnc1C1CCN(S(=O)(=O)N(C)Cc2ccccc2)CC1. The van der Waals surface area contributed by atoms with Gasteiger partial charge >= 0.3 is 0 Å². The van der Waals surface area contributed by atoms with Crippen LogP contribution in [0.2, 0.25) is 0 Å². The highest BCUT2D eigenvalue weighted by Gasteiger charge is 2.32. The Kier molecular flexibility index (Phi) is 5.56. The van der Waals surface area contributed by atoms with E-state index in [0.29, 0.717) is 25.6 Å². The summed E-state index contributed by atoms with van der Waals surface area (Å²) in [5, 5.41) is 0. The number of imidazole rings is 1. The molecule has 0 amide bonds. The van der Waals surface area contributed by atoms with Gasteiger partial charge in [-0.15, -0.1) is 0 Å². The summed E-state index contributed by atoms with van der Waals surface area (Å²) in [6.07, 6.45) is 5.45. The third kappa shape index (κ3) is 3.94. The average molecular weight is 362 g/mol. The molecule has 0 bridgehead atoms. The number of nitrogens with zero attached hydrogens (tertiary/aromatic N) is 4. The molecule has 2 aromatic rings. The van der Waals surface area contributed by atoms with Crippen molar-refractivity contribution in [2.24, 2.45) is 0 Å². The summed E-state index contributed by atoms with van der Waals surface area (Å²) in [7, 11) is -1.78. The molecule has 7 heteroatoms. The molecule has 0 unspecified atom stereocenters. The number of benzene rings is 1. The molecular formula is C18H26N4O2S. The van der Waals surface area contributed by atoms with Crippen LogP contribution in [0.15, 0.2) is 42.7 Å². The van der Waals surface area contributed by atoms with Gasteiger partial charge in [-0.2, -0.15) is 17.0 Å². The maximum absolute atomic E-state index is 12.8. The van der Waals surface area contributed by atoms with Gasteiger partial charge in [0.05, 0.1) is 0 Å². The molecule has 1 aliphatic heterocycles. The standard InChI is InChI=1S/C18H26N4O2S/c1-3-21-14-11-19-18(21)17-9-12-22(13-10-17)25(23,24)20(2)15-16-7-5-4-6-8-16/h4-8,11,14,17H,3,9-10,12-13,15H2,1-2H3. The Morgan fingerprint density at radius 1 is 1.20 bits per heavy atom. The van der Waals surface area contributed by atoms with Gasteiger partial charge in [-0.05, 0) is 25.3 Å². The van der Waals surface area contributed by atoms with Crippen molar-refractivity contribution >= 4 is 10.2 Å². The molecule has 0 saturated carbocycles. The first kappa shape index (κ1) is 18.1. The number of hydrogen-bond donors (Lipinski definition) is 0. The number of piperidine rings is 1. The molecule has 1 aliphatic rings. The molecule has 2 heterocycles. The summed E-state index contributed by atoms with van der Waals surface area (Å²) >= 11 is 0. The zero-order valence-corrected chi connectivity index (χ0v) is 15.7. The van der Waals surface area contributed by atoms with Crippen molar-refractivity contribution in [1.82, 2.24) is 18.2 Å². The van der Waals surface area contributed by atoms with E-state index in [9.17, 15) is 8.42 Å². The van der Waals surface area contributed by atoms with Gasteiger partial charge in [0, 0.05) is 51.5 Å². The van der Waals surface area contributed by atoms with Crippen LogP contribution in [0.4, 0.5) is 0 Å². The quantitative estimate of drug-likeness (QED) is 0.793. The second-order valence-electron chi connectivity index (χ2n) is 6.49. The molecule has 1 aromatic carbocycles. The van der Waals surface area contributed by atoms with Gasteiger partial charge in [0.15, 0.2) is 0 Å². The van der Waals surface area contributed by atoms with Gasteiger partial charge in [0.2, 0.25) is 0 Å². The molecular weight excluding hydrogens is 336 g/mol. The molecule has 136 valence electrons. The largest absolute Gasteiger partial charge is 0.335 e. The van der Waals surface area contributed by atoms with Gasteiger partial charge in [-0.25, -0.2) is 4.98 Å². The zero-order valence-electron chi connectivity index (χ0n) is 14.9. The van der Waals surface area contributed by atoms with E-state index >= 15 is 0 Å². The molecule has 0 radical (unpaired) electrons. The monoisotopic (exact) mass is 362 g/mol. The molecule has 0 atom stereocenters. The van der Waals surface area contributed by atoms with Crippen LogP contribution in [0.3, 0.4) is 0 Å². The summed E-state index contributed by atoms with van der Waals surface area (Å²) in [6, 6.07) is 9.68. The van der Waals surface area contributed by atoms with Crippen LogP contribution in [-0.4, -0.2) is 46.7 Å². The smallest absolute Gasteiger partial charge is 0.282 e. The summed E-state index contributed by atoms with van der Waals surface area (Å²) in [5.41, 5.74) is 0.994. The Bertz CT molecular complexity index is 780. The van der Waals surface area contributed by atoms with Gasteiger partial charge < -0.3 is 4.57 Å². The Morgan fingerprint density at radius 2 is 1.88 bits per heavy atom. The lowest BCUT2D eigenvalue weighted by atomic mass is 9.97. The summed E-state index contributed by atoms with van der Waals surface area (Å²) < 4.78 is 30.9. The molecule has 0 spiro atoms. The Balaban J connectivity index is 1.63. The Hall–Kier alpha value is -1.70. The highest BCUT2D eigenvalue weighted by atomic mass is 32.2. The molecule has 25 heavy (non-hydrogen) atoms. The molecule has 1 fully saturated rings. The minimum atomic E-state index is -3.43. The second kappa shape index (κ2) is 7.68. The van der Waals surface area contributed by atoms with Crippen molar-refractivity contribution in [2.75, 3.05) is 20.1 Å². The van der Waals surface area contributed by atoms with E-state index in [2.05, 4.69) is 16.5 Å². The predicted molar refractivity (Wildman–Crippen MR) is 98.3 cm³/mol. The summed E-state index contributed by atoms with van der Waals surface area (Å²) in [4.78, 5) is 4.47. The molecule has 3 rings (SSSR count). The van der Waals surface area contributed by atoms with E-state index in [0.717, 1.165) is 30.8 Å². The highest BCUT2D eigenvalue weighted by Crippen LogP contribution is 2.29. The molecule has 1 aromatic heterocycles. The fourth-order valence-electron chi connectivity index (χ4n) is 3.41. The van der Waals surface area contributed by atoms with Crippen molar-refractivity contribution in [3.05, 3.63) is 54.1 Å². The Labute approximate surface area is 150 Å². The van der Waals surface area contributed by atoms with Gasteiger partial charge in [-0.1, -0.05) is 30.3 Å². The van der Waals surface area contributed by atoms with Crippen molar-refractivity contribution in [1.29, 1.82) is 0 Å². The summed E-state index contributed by atoms with van der Waals surface area (Å²) in [5.74, 6) is 1.41. The molecule has 1 saturated heterocycles. The lowest BCUT2D eigenvalue weighted by molar-refractivity contribution is 0.287.